The van der Waals surface area contributed by atoms with Gasteiger partial charge in [0, 0.05) is 4.47 Å². The molecule has 1 fully saturated rings. The first kappa shape index (κ1) is 16.1. The number of aliphatic hydroxyl groups is 1. The number of ether oxygens (including phenoxy) is 3. The SMILES string of the molecule is O=C(OCC1(CO)COC1)c1ccc(Br)cc1OC(F)F. The van der Waals surface area contributed by atoms with Crippen LogP contribution in [0.25, 0.3) is 0 Å². The fourth-order valence-electron chi connectivity index (χ4n) is 1.77. The zero-order valence-electron chi connectivity index (χ0n) is 10.9. The number of aliphatic hydroxyl groups excluding tert-OH is 1. The summed E-state index contributed by atoms with van der Waals surface area (Å²) < 4.78 is 39.5. The van der Waals surface area contributed by atoms with Crippen LogP contribution in [0.4, 0.5) is 8.78 Å². The highest BCUT2D eigenvalue weighted by atomic mass is 79.9. The van der Waals surface area contributed by atoms with Crippen molar-refractivity contribution in [1.29, 1.82) is 0 Å². The van der Waals surface area contributed by atoms with Gasteiger partial charge in [-0.1, -0.05) is 15.9 Å². The lowest BCUT2D eigenvalue weighted by Crippen LogP contribution is -2.49. The molecule has 1 N–H and O–H groups in total. The predicted molar refractivity (Wildman–Crippen MR) is 71.4 cm³/mol. The number of hydrogen-bond donors (Lipinski definition) is 1. The van der Waals surface area contributed by atoms with Gasteiger partial charge in [0.1, 0.15) is 17.9 Å². The van der Waals surface area contributed by atoms with Gasteiger partial charge >= 0.3 is 12.6 Å². The summed E-state index contributed by atoms with van der Waals surface area (Å²) in [5, 5.41) is 9.23. The molecule has 116 valence electrons. The van der Waals surface area contributed by atoms with Gasteiger partial charge in [-0.05, 0) is 18.2 Å². The molecule has 0 amide bonds. The maximum atomic E-state index is 12.3. The van der Waals surface area contributed by atoms with Crippen LogP contribution in [0.3, 0.4) is 0 Å². The number of benzene rings is 1. The Morgan fingerprint density at radius 2 is 2.19 bits per heavy atom. The average Bonchev–Trinajstić information content (AvgIpc) is 2.37. The van der Waals surface area contributed by atoms with Crippen molar-refractivity contribution in [3.05, 3.63) is 28.2 Å². The Hall–Kier alpha value is -1.25. The monoisotopic (exact) mass is 366 g/mol. The van der Waals surface area contributed by atoms with Crippen LogP contribution < -0.4 is 4.74 Å². The number of hydrogen-bond acceptors (Lipinski definition) is 5. The maximum absolute atomic E-state index is 12.3. The van der Waals surface area contributed by atoms with E-state index in [4.69, 9.17) is 9.47 Å². The van der Waals surface area contributed by atoms with Crippen molar-refractivity contribution in [1.82, 2.24) is 0 Å². The van der Waals surface area contributed by atoms with Crippen molar-refractivity contribution >= 4 is 21.9 Å². The largest absolute Gasteiger partial charge is 0.461 e. The molecule has 0 bridgehead atoms. The van der Waals surface area contributed by atoms with Gasteiger partial charge in [-0.25, -0.2) is 4.79 Å². The van der Waals surface area contributed by atoms with Gasteiger partial charge in [0.2, 0.25) is 0 Å². The van der Waals surface area contributed by atoms with Gasteiger partial charge in [0.25, 0.3) is 0 Å². The van der Waals surface area contributed by atoms with Crippen molar-refractivity contribution in [3.8, 4) is 5.75 Å². The number of rotatable bonds is 6. The van der Waals surface area contributed by atoms with Crippen LogP contribution >= 0.6 is 15.9 Å². The number of alkyl halides is 2. The summed E-state index contributed by atoms with van der Waals surface area (Å²) >= 11 is 3.11. The Balaban J connectivity index is 2.07. The molecule has 1 heterocycles. The summed E-state index contributed by atoms with van der Waals surface area (Å²) in [6.45, 7) is -2.70. The molecule has 0 aromatic heterocycles. The van der Waals surface area contributed by atoms with Gasteiger partial charge < -0.3 is 19.3 Å². The zero-order chi connectivity index (χ0) is 15.5. The number of halogens is 3. The summed E-state index contributed by atoms with van der Waals surface area (Å²) in [5.74, 6) is -1.06. The fraction of sp³-hybridized carbons (Fsp3) is 0.462. The lowest BCUT2D eigenvalue weighted by molar-refractivity contribution is -0.158. The third-order valence-corrected chi connectivity index (χ3v) is 3.53. The molecule has 21 heavy (non-hydrogen) atoms. The number of carbonyl (C=O) groups excluding carboxylic acids is 1. The van der Waals surface area contributed by atoms with E-state index in [1.54, 1.807) is 0 Å². The van der Waals surface area contributed by atoms with Crippen LogP contribution in [0.15, 0.2) is 22.7 Å². The van der Waals surface area contributed by atoms with Crippen molar-refractivity contribution < 1.29 is 32.9 Å². The minimum atomic E-state index is -3.05. The topological polar surface area (TPSA) is 65.0 Å². The lowest BCUT2D eigenvalue weighted by Gasteiger charge is -2.38. The molecule has 1 saturated heterocycles. The molecule has 0 aliphatic carbocycles. The normalized spacial score (nSPS) is 16.4. The number of esters is 1. The second-order valence-corrected chi connectivity index (χ2v) is 5.66. The molecular weight excluding hydrogens is 354 g/mol. The van der Waals surface area contributed by atoms with Crippen LogP contribution in [0.5, 0.6) is 5.75 Å². The lowest BCUT2D eigenvalue weighted by atomic mass is 9.88. The fourth-order valence-corrected chi connectivity index (χ4v) is 2.11. The molecule has 1 aromatic rings. The summed E-state index contributed by atoms with van der Waals surface area (Å²) in [6.07, 6.45) is 0. The summed E-state index contributed by atoms with van der Waals surface area (Å²) in [7, 11) is 0. The molecule has 0 atom stereocenters. The van der Waals surface area contributed by atoms with Gasteiger partial charge in [0.05, 0.1) is 25.2 Å². The number of carbonyl (C=O) groups is 1. The minimum absolute atomic E-state index is 0.0491. The van der Waals surface area contributed by atoms with E-state index in [9.17, 15) is 18.7 Å². The van der Waals surface area contributed by atoms with E-state index in [1.165, 1.54) is 18.2 Å². The van der Waals surface area contributed by atoms with E-state index in [0.717, 1.165) is 0 Å². The van der Waals surface area contributed by atoms with Gasteiger partial charge in [0.15, 0.2) is 0 Å². The van der Waals surface area contributed by atoms with E-state index in [1.807, 2.05) is 0 Å². The van der Waals surface area contributed by atoms with Gasteiger partial charge in [-0.15, -0.1) is 0 Å². The predicted octanol–water partition coefficient (Wildman–Crippen LogP) is 2.22. The van der Waals surface area contributed by atoms with Crippen molar-refractivity contribution in [2.45, 2.75) is 6.61 Å². The highest BCUT2D eigenvalue weighted by Gasteiger charge is 2.39. The van der Waals surface area contributed by atoms with E-state index in [2.05, 4.69) is 20.7 Å². The highest BCUT2D eigenvalue weighted by molar-refractivity contribution is 9.10. The first-order chi connectivity index (χ1) is 9.96. The Kier molecular flexibility index (Phi) is 5.13. The van der Waals surface area contributed by atoms with Crippen molar-refractivity contribution in [3.63, 3.8) is 0 Å². The Morgan fingerprint density at radius 3 is 2.71 bits per heavy atom. The molecular formula is C13H13BrF2O5. The van der Waals surface area contributed by atoms with Crippen LogP contribution in [0.2, 0.25) is 0 Å². The first-order valence-electron chi connectivity index (χ1n) is 6.06. The highest BCUT2D eigenvalue weighted by Crippen LogP contribution is 2.29. The Bertz CT molecular complexity index is 514. The van der Waals surface area contributed by atoms with E-state index < -0.39 is 18.0 Å². The third kappa shape index (κ3) is 3.90. The minimum Gasteiger partial charge on any atom is -0.461 e. The first-order valence-corrected chi connectivity index (χ1v) is 6.85. The third-order valence-electron chi connectivity index (χ3n) is 3.04. The molecule has 8 heteroatoms. The molecule has 2 rings (SSSR count). The van der Waals surface area contributed by atoms with Gasteiger partial charge in [-0.3, -0.25) is 0 Å². The zero-order valence-corrected chi connectivity index (χ0v) is 12.4. The molecule has 1 aliphatic heterocycles. The summed E-state index contributed by atoms with van der Waals surface area (Å²) in [6, 6.07) is 4.10. The molecule has 0 saturated carbocycles. The van der Waals surface area contributed by atoms with Crippen molar-refractivity contribution in [2.75, 3.05) is 26.4 Å². The van der Waals surface area contributed by atoms with Crippen LogP contribution in [-0.4, -0.2) is 44.1 Å². The molecule has 1 aromatic carbocycles. The van der Waals surface area contributed by atoms with Gasteiger partial charge in [-0.2, -0.15) is 8.78 Å². The molecule has 5 nitrogen and oxygen atoms in total. The average molecular weight is 367 g/mol. The summed E-state index contributed by atoms with van der Waals surface area (Å²) in [5.41, 5.74) is -0.707. The van der Waals surface area contributed by atoms with E-state index in [0.29, 0.717) is 4.47 Å². The van der Waals surface area contributed by atoms with Crippen LogP contribution in [0.1, 0.15) is 10.4 Å². The molecule has 1 aliphatic rings. The van der Waals surface area contributed by atoms with E-state index >= 15 is 0 Å². The Labute approximate surface area is 127 Å². The second-order valence-electron chi connectivity index (χ2n) is 4.75. The van der Waals surface area contributed by atoms with E-state index in [-0.39, 0.29) is 37.7 Å². The second kappa shape index (κ2) is 6.67. The Morgan fingerprint density at radius 1 is 1.48 bits per heavy atom. The van der Waals surface area contributed by atoms with Crippen molar-refractivity contribution in [2.24, 2.45) is 5.41 Å². The molecule has 0 radical (unpaired) electrons. The summed E-state index contributed by atoms with van der Waals surface area (Å²) in [4.78, 5) is 12.0. The quantitative estimate of drug-likeness (QED) is 0.782. The van der Waals surface area contributed by atoms with Crippen LogP contribution in [0, 0.1) is 5.41 Å². The maximum Gasteiger partial charge on any atom is 0.387 e. The van der Waals surface area contributed by atoms with Crippen LogP contribution in [-0.2, 0) is 9.47 Å². The standard InChI is InChI=1S/C13H13BrF2O5/c14-8-1-2-9(10(3-8)21-12(15)16)11(18)20-7-13(4-17)5-19-6-13/h1-3,12,17H,4-7H2. The molecule has 0 unspecified atom stereocenters. The molecule has 0 spiro atoms. The smallest absolute Gasteiger partial charge is 0.387 e.